The van der Waals surface area contributed by atoms with Crippen LogP contribution < -0.4 is 5.43 Å². The molecule has 0 bridgehead atoms. The maximum Gasteiger partial charge on any atom is 0.290 e. The molecule has 1 N–H and O–H groups in total. The third-order valence-corrected chi connectivity index (χ3v) is 5.34. The Balaban J connectivity index is 1.65. The van der Waals surface area contributed by atoms with Crippen LogP contribution in [0.25, 0.3) is 15.2 Å². The zero-order valence-corrected chi connectivity index (χ0v) is 15.6. The van der Waals surface area contributed by atoms with E-state index in [1.165, 1.54) is 0 Å². The molecule has 1 amide bonds. The molecule has 4 aromatic rings. The highest BCUT2D eigenvalue weighted by atomic mass is 79.9. The number of aromatic nitrogens is 2. The third kappa shape index (κ3) is 2.96. The van der Waals surface area contributed by atoms with Crippen molar-refractivity contribution >= 4 is 54.6 Å². The molecule has 0 aliphatic heterocycles. The van der Waals surface area contributed by atoms with E-state index in [0.29, 0.717) is 11.4 Å². The zero-order valence-electron chi connectivity index (χ0n) is 13.2. The summed E-state index contributed by atoms with van der Waals surface area (Å²) in [5, 5.41) is 4.06. The number of thiazole rings is 1. The van der Waals surface area contributed by atoms with Gasteiger partial charge < -0.3 is 0 Å². The summed E-state index contributed by atoms with van der Waals surface area (Å²) in [6.45, 7) is 1.84. The summed E-state index contributed by atoms with van der Waals surface area (Å²) >= 11 is 4.95. The van der Waals surface area contributed by atoms with E-state index in [0.717, 1.165) is 25.2 Å². The molecule has 0 aliphatic carbocycles. The first-order valence-electron chi connectivity index (χ1n) is 7.59. The lowest BCUT2D eigenvalue weighted by Crippen LogP contribution is -2.20. The number of nitrogens with zero attached hydrogens (tertiary/aromatic N) is 3. The van der Waals surface area contributed by atoms with Crippen molar-refractivity contribution in [1.82, 2.24) is 14.8 Å². The van der Waals surface area contributed by atoms with Gasteiger partial charge in [0, 0.05) is 4.47 Å². The van der Waals surface area contributed by atoms with E-state index in [9.17, 15) is 4.79 Å². The summed E-state index contributed by atoms with van der Waals surface area (Å²) in [6.07, 6.45) is 1.61. The van der Waals surface area contributed by atoms with Crippen molar-refractivity contribution in [1.29, 1.82) is 0 Å². The molecule has 2 aromatic heterocycles. The predicted octanol–water partition coefficient (Wildman–Crippen LogP) is 4.38. The molecular formula is C18H13BrN4OS. The lowest BCUT2D eigenvalue weighted by molar-refractivity contribution is 0.0949. The Bertz CT molecular complexity index is 1110. The number of nitrogens with one attached hydrogen (secondary N) is 1. The number of imidazole rings is 1. The zero-order chi connectivity index (χ0) is 17.4. The van der Waals surface area contributed by atoms with E-state index in [-0.39, 0.29) is 5.91 Å². The molecule has 0 spiro atoms. The number of hydrogen-bond donors (Lipinski definition) is 1. The summed E-state index contributed by atoms with van der Waals surface area (Å²) in [4.78, 5) is 18.0. The Morgan fingerprint density at radius 2 is 2.00 bits per heavy atom. The van der Waals surface area contributed by atoms with Gasteiger partial charge in [-0.25, -0.2) is 10.4 Å². The van der Waals surface area contributed by atoms with Crippen LogP contribution in [-0.4, -0.2) is 21.5 Å². The first kappa shape index (κ1) is 16.0. The third-order valence-electron chi connectivity index (χ3n) is 3.79. The Hall–Kier alpha value is -2.51. The molecule has 4 rings (SSSR count). The van der Waals surface area contributed by atoms with Gasteiger partial charge in [0.05, 0.1) is 22.1 Å². The summed E-state index contributed by atoms with van der Waals surface area (Å²) < 4.78 is 3.98. The molecule has 124 valence electrons. The van der Waals surface area contributed by atoms with Crippen molar-refractivity contribution < 1.29 is 4.79 Å². The number of halogens is 1. The number of para-hydroxylation sites is 1. The minimum absolute atomic E-state index is 0.276. The number of carbonyl (C=O) groups excluding carboxylic acids is 1. The molecule has 0 radical (unpaired) electrons. The monoisotopic (exact) mass is 412 g/mol. The van der Waals surface area contributed by atoms with Crippen LogP contribution in [0.3, 0.4) is 0 Å². The average molecular weight is 413 g/mol. The molecule has 5 nitrogen and oxygen atoms in total. The summed E-state index contributed by atoms with van der Waals surface area (Å²) in [7, 11) is 0. The van der Waals surface area contributed by atoms with Crippen molar-refractivity contribution in [2.75, 3.05) is 0 Å². The number of carbonyl (C=O) groups is 1. The second-order valence-electron chi connectivity index (χ2n) is 5.48. The van der Waals surface area contributed by atoms with Crippen LogP contribution >= 0.6 is 27.3 Å². The minimum Gasteiger partial charge on any atom is -0.278 e. The van der Waals surface area contributed by atoms with Crippen molar-refractivity contribution in [2.24, 2.45) is 5.10 Å². The van der Waals surface area contributed by atoms with Crippen LogP contribution in [-0.2, 0) is 0 Å². The molecule has 7 heteroatoms. The van der Waals surface area contributed by atoms with Gasteiger partial charge in [-0.3, -0.25) is 9.20 Å². The second kappa shape index (κ2) is 6.42. The van der Waals surface area contributed by atoms with Crippen molar-refractivity contribution in [3.05, 3.63) is 70.0 Å². The van der Waals surface area contributed by atoms with Crippen molar-refractivity contribution in [3.8, 4) is 0 Å². The van der Waals surface area contributed by atoms with E-state index in [2.05, 4.69) is 31.4 Å². The fourth-order valence-electron chi connectivity index (χ4n) is 2.66. The van der Waals surface area contributed by atoms with Gasteiger partial charge in [0.25, 0.3) is 5.91 Å². The van der Waals surface area contributed by atoms with Gasteiger partial charge >= 0.3 is 0 Å². The number of benzene rings is 2. The van der Waals surface area contributed by atoms with Gasteiger partial charge in [-0.15, -0.1) is 0 Å². The summed E-state index contributed by atoms with van der Waals surface area (Å²) in [5.74, 6) is -0.276. The summed E-state index contributed by atoms with van der Waals surface area (Å²) in [5.41, 5.74) is 5.68. The SMILES string of the molecule is Cc1nc2sc3ccccc3n2c1C(=O)N/N=C/c1ccc(Br)cc1. The molecule has 0 saturated heterocycles. The quantitative estimate of drug-likeness (QED) is 0.400. The number of amides is 1. The molecule has 0 fully saturated rings. The Morgan fingerprint density at radius 1 is 1.24 bits per heavy atom. The number of aryl methyl sites for hydroxylation is 1. The highest BCUT2D eigenvalue weighted by Gasteiger charge is 2.19. The van der Waals surface area contributed by atoms with E-state index >= 15 is 0 Å². The Labute approximate surface area is 156 Å². The number of fused-ring (bicyclic) bond motifs is 3. The molecule has 2 aromatic carbocycles. The molecule has 2 heterocycles. The fraction of sp³-hybridized carbons (Fsp3) is 0.0556. The maximum absolute atomic E-state index is 12.6. The van der Waals surface area contributed by atoms with Gasteiger partial charge in [-0.1, -0.05) is 51.5 Å². The lowest BCUT2D eigenvalue weighted by atomic mass is 10.2. The van der Waals surface area contributed by atoms with Crippen LogP contribution in [0.5, 0.6) is 0 Å². The van der Waals surface area contributed by atoms with E-state index in [1.807, 2.05) is 59.9 Å². The molecule has 0 atom stereocenters. The van der Waals surface area contributed by atoms with Gasteiger partial charge in [0.2, 0.25) is 0 Å². The van der Waals surface area contributed by atoms with Crippen LogP contribution in [0, 0.1) is 6.92 Å². The number of hydrazone groups is 1. The number of rotatable bonds is 3. The first-order chi connectivity index (χ1) is 12.1. The van der Waals surface area contributed by atoms with Crippen LogP contribution in [0.4, 0.5) is 0 Å². The van der Waals surface area contributed by atoms with Gasteiger partial charge in [-0.2, -0.15) is 5.10 Å². The highest BCUT2D eigenvalue weighted by Crippen LogP contribution is 2.28. The molecule has 25 heavy (non-hydrogen) atoms. The normalized spacial score (nSPS) is 11.6. The average Bonchev–Trinajstić information content (AvgIpc) is 3.10. The maximum atomic E-state index is 12.6. The fourth-order valence-corrected chi connectivity index (χ4v) is 3.99. The Morgan fingerprint density at radius 3 is 2.80 bits per heavy atom. The predicted molar refractivity (Wildman–Crippen MR) is 105 cm³/mol. The highest BCUT2D eigenvalue weighted by molar-refractivity contribution is 9.10. The molecular weight excluding hydrogens is 400 g/mol. The van der Waals surface area contributed by atoms with Crippen LogP contribution in [0.15, 0.2) is 58.1 Å². The second-order valence-corrected chi connectivity index (χ2v) is 7.41. The van der Waals surface area contributed by atoms with E-state index in [4.69, 9.17) is 0 Å². The Kier molecular flexibility index (Phi) is 4.10. The van der Waals surface area contributed by atoms with Crippen molar-refractivity contribution in [2.45, 2.75) is 6.92 Å². The van der Waals surface area contributed by atoms with Crippen molar-refractivity contribution in [3.63, 3.8) is 0 Å². The van der Waals surface area contributed by atoms with Gasteiger partial charge in [0.1, 0.15) is 5.69 Å². The topological polar surface area (TPSA) is 58.8 Å². The molecule has 0 saturated carbocycles. The molecule has 0 aliphatic rings. The van der Waals surface area contributed by atoms with Gasteiger partial charge in [0.15, 0.2) is 4.96 Å². The van der Waals surface area contributed by atoms with Crippen LogP contribution in [0.2, 0.25) is 0 Å². The number of hydrogen-bond acceptors (Lipinski definition) is 4. The smallest absolute Gasteiger partial charge is 0.278 e. The van der Waals surface area contributed by atoms with Gasteiger partial charge in [-0.05, 0) is 36.8 Å². The molecule has 0 unspecified atom stereocenters. The first-order valence-corrected chi connectivity index (χ1v) is 9.20. The summed E-state index contributed by atoms with van der Waals surface area (Å²) in [6, 6.07) is 15.6. The van der Waals surface area contributed by atoms with E-state index in [1.54, 1.807) is 17.6 Å². The largest absolute Gasteiger partial charge is 0.290 e. The van der Waals surface area contributed by atoms with E-state index < -0.39 is 0 Å². The standard InChI is InChI=1S/C18H13BrN4OS/c1-11-16(17(24)22-20-10-12-6-8-13(19)9-7-12)23-14-4-2-3-5-15(14)25-18(23)21-11/h2-10H,1H3,(H,22,24)/b20-10+. The lowest BCUT2D eigenvalue weighted by Gasteiger charge is -2.01. The van der Waals surface area contributed by atoms with Crippen LogP contribution in [0.1, 0.15) is 21.7 Å². The minimum atomic E-state index is -0.276.